The van der Waals surface area contributed by atoms with E-state index >= 15 is 0 Å². The van der Waals surface area contributed by atoms with E-state index in [4.69, 9.17) is 0 Å². The summed E-state index contributed by atoms with van der Waals surface area (Å²) in [5, 5.41) is 13.9. The Balaban J connectivity index is 2.08. The van der Waals surface area contributed by atoms with E-state index in [0.717, 1.165) is 34.2 Å². The molecule has 0 saturated heterocycles. The second-order valence-corrected chi connectivity index (χ2v) is 6.18. The number of hydrogen-bond donors (Lipinski definition) is 0. The number of rotatable bonds is 3. The molecule has 0 unspecified atom stereocenters. The minimum Gasteiger partial charge on any atom is -0.187 e. The first-order valence-corrected chi connectivity index (χ1v) is 7.64. The standard InChI is InChI=1S/C12H11IN4S/c1-2-4-10-14-15-12-17(10)16-11(18-12)8-5-3-6-9(13)7-8/h3,5-7H,2,4H2,1H3. The number of hydrogen-bond acceptors (Lipinski definition) is 4. The van der Waals surface area contributed by atoms with E-state index < -0.39 is 0 Å². The normalized spacial score (nSPS) is 11.2. The molecule has 2 aromatic heterocycles. The summed E-state index contributed by atoms with van der Waals surface area (Å²) in [5.41, 5.74) is 1.14. The Morgan fingerprint density at radius 1 is 1.33 bits per heavy atom. The van der Waals surface area contributed by atoms with Crippen molar-refractivity contribution in [3.8, 4) is 10.6 Å². The lowest BCUT2D eigenvalue weighted by Gasteiger charge is -1.96. The monoisotopic (exact) mass is 370 g/mol. The van der Waals surface area contributed by atoms with E-state index in [9.17, 15) is 0 Å². The zero-order valence-electron chi connectivity index (χ0n) is 9.80. The van der Waals surface area contributed by atoms with Crippen LogP contribution in [0.1, 0.15) is 19.2 Å². The molecule has 0 N–H and O–H groups in total. The Labute approximate surface area is 122 Å². The third kappa shape index (κ3) is 2.14. The molecule has 0 aliphatic heterocycles. The Morgan fingerprint density at radius 3 is 3.00 bits per heavy atom. The van der Waals surface area contributed by atoms with Crippen molar-refractivity contribution < 1.29 is 0 Å². The maximum atomic E-state index is 4.61. The number of fused-ring (bicyclic) bond motifs is 1. The van der Waals surface area contributed by atoms with Crippen LogP contribution < -0.4 is 0 Å². The molecule has 3 rings (SSSR count). The molecule has 1 aromatic carbocycles. The summed E-state index contributed by atoms with van der Waals surface area (Å²) in [6, 6.07) is 8.33. The lowest BCUT2D eigenvalue weighted by atomic mass is 10.2. The second-order valence-electron chi connectivity index (χ2n) is 3.98. The van der Waals surface area contributed by atoms with Crippen LogP contribution in [-0.4, -0.2) is 19.8 Å². The molecular formula is C12H11IN4S. The van der Waals surface area contributed by atoms with Gasteiger partial charge in [-0.2, -0.15) is 9.61 Å². The Morgan fingerprint density at radius 2 is 2.22 bits per heavy atom. The van der Waals surface area contributed by atoms with Gasteiger partial charge in [-0.15, -0.1) is 10.2 Å². The molecule has 6 heteroatoms. The number of halogens is 1. The fourth-order valence-corrected chi connectivity index (χ4v) is 3.17. The van der Waals surface area contributed by atoms with Crippen LogP contribution in [-0.2, 0) is 6.42 Å². The minimum absolute atomic E-state index is 0.868. The predicted molar refractivity (Wildman–Crippen MR) is 80.8 cm³/mol. The SMILES string of the molecule is CCCc1nnc2sc(-c3cccc(I)c3)nn12. The molecule has 0 aliphatic carbocycles. The van der Waals surface area contributed by atoms with Crippen LogP contribution in [0.3, 0.4) is 0 Å². The molecule has 2 heterocycles. The summed E-state index contributed by atoms with van der Waals surface area (Å²) in [4.78, 5) is 0.868. The molecule has 3 aromatic rings. The summed E-state index contributed by atoms with van der Waals surface area (Å²) in [6.07, 6.45) is 1.97. The van der Waals surface area contributed by atoms with Crippen molar-refractivity contribution >= 4 is 38.9 Å². The third-order valence-corrected chi connectivity index (χ3v) is 4.22. The van der Waals surface area contributed by atoms with E-state index in [1.807, 2.05) is 10.6 Å². The van der Waals surface area contributed by atoms with Gasteiger partial charge in [0, 0.05) is 15.6 Å². The van der Waals surface area contributed by atoms with Crippen LogP contribution in [0.25, 0.3) is 15.5 Å². The Kier molecular flexibility index (Phi) is 3.29. The highest BCUT2D eigenvalue weighted by molar-refractivity contribution is 14.1. The van der Waals surface area contributed by atoms with Crippen molar-refractivity contribution in [2.45, 2.75) is 19.8 Å². The van der Waals surface area contributed by atoms with E-state index in [-0.39, 0.29) is 0 Å². The largest absolute Gasteiger partial charge is 0.234 e. The molecule has 0 fully saturated rings. The van der Waals surface area contributed by atoms with Gasteiger partial charge in [-0.05, 0) is 41.1 Å². The summed E-state index contributed by atoms with van der Waals surface area (Å²) in [5.74, 6) is 0.945. The molecule has 0 bridgehead atoms. The maximum absolute atomic E-state index is 4.61. The molecule has 0 saturated carbocycles. The van der Waals surface area contributed by atoms with E-state index in [1.165, 1.54) is 3.57 Å². The molecule has 0 spiro atoms. The van der Waals surface area contributed by atoms with Gasteiger partial charge in [-0.1, -0.05) is 30.4 Å². The zero-order valence-corrected chi connectivity index (χ0v) is 12.8. The first kappa shape index (κ1) is 12.0. The van der Waals surface area contributed by atoms with Gasteiger partial charge < -0.3 is 0 Å². The molecule has 4 nitrogen and oxygen atoms in total. The number of aromatic nitrogens is 4. The van der Waals surface area contributed by atoms with Crippen molar-refractivity contribution in [1.82, 2.24) is 19.8 Å². The first-order chi connectivity index (χ1) is 8.78. The Bertz CT molecular complexity index is 688. The molecule has 18 heavy (non-hydrogen) atoms. The maximum Gasteiger partial charge on any atom is 0.234 e. The van der Waals surface area contributed by atoms with Crippen LogP contribution in [0.4, 0.5) is 0 Å². The van der Waals surface area contributed by atoms with Crippen LogP contribution in [0.2, 0.25) is 0 Å². The summed E-state index contributed by atoms with van der Waals surface area (Å²) in [7, 11) is 0. The van der Waals surface area contributed by atoms with Crippen molar-refractivity contribution in [3.63, 3.8) is 0 Å². The zero-order chi connectivity index (χ0) is 12.5. The van der Waals surface area contributed by atoms with Crippen LogP contribution >= 0.6 is 33.9 Å². The third-order valence-electron chi connectivity index (χ3n) is 2.60. The summed E-state index contributed by atoms with van der Waals surface area (Å²) in [6.45, 7) is 2.13. The topological polar surface area (TPSA) is 43.1 Å². The highest BCUT2D eigenvalue weighted by Crippen LogP contribution is 2.26. The molecule has 0 atom stereocenters. The van der Waals surface area contributed by atoms with Gasteiger partial charge >= 0.3 is 0 Å². The molecule has 92 valence electrons. The average Bonchev–Trinajstić information content (AvgIpc) is 2.92. The molecule has 0 radical (unpaired) electrons. The van der Waals surface area contributed by atoms with Crippen LogP contribution in [0.15, 0.2) is 24.3 Å². The number of nitrogens with zero attached hydrogens (tertiary/aromatic N) is 4. The van der Waals surface area contributed by atoms with Crippen LogP contribution in [0.5, 0.6) is 0 Å². The molecule has 0 amide bonds. The van der Waals surface area contributed by atoms with Crippen molar-refractivity contribution in [1.29, 1.82) is 0 Å². The highest BCUT2D eigenvalue weighted by Gasteiger charge is 2.12. The lowest BCUT2D eigenvalue weighted by molar-refractivity contribution is 0.778. The number of benzene rings is 1. The summed E-state index contributed by atoms with van der Waals surface area (Å²) < 4.78 is 3.08. The minimum atomic E-state index is 0.868. The van der Waals surface area contributed by atoms with Crippen LogP contribution in [0, 0.1) is 3.57 Å². The average molecular weight is 370 g/mol. The van der Waals surface area contributed by atoms with E-state index in [2.05, 4.69) is 63.0 Å². The van der Waals surface area contributed by atoms with Gasteiger partial charge in [0.05, 0.1) is 0 Å². The quantitative estimate of drug-likeness (QED) is 0.664. The van der Waals surface area contributed by atoms with Gasteiger partial charge in [-0.25, -0.2) is 0 Å². The number of aryl methyl sites for hydroxylation is 1. The van der Waals surface area contributed by atoms with Crippen molar-refractivity contribution in [2.24, 2.45) is 0 Å². The van der Waals surface area contributed by atoms with Gasteiger partial charge in [0.1, 0.15) is 5.01 Å². The molecule has 0 aliphatic rings. The van der Waals surface area contributed by atoms with E-state index in [0.29, 0.717) is 0 Å². The fourth-order valence-electron chi connectivity index (χ4n) is 1.78. The fraction of sp³-hybridized carbons (Fsp3) is 0.250. The predicted octanol–water partition coefficient (Wildman–Crippen LogP) is 3.41. The smallest absolute Gasteiger partial charge is 0.187 e. The van der Waals surface area contributed by atoms with Gasteiger partial charge in [-0.3, -0.25) is 0 Å². The highest BCUT2D eigenvalue weighted by atomic mass is 127. The van der Waals surface area contributed by atoms with Crippen molar-refractivity contribution in [2.75, 3.05) is 0 Å². The van der Waals surface area contributed by atoms with Gasteiger partial charge in [0.2, 0.25) is 4.96 Å². The lowest BCUT2D eigenvalue weighted by Crippen LogP contribution is -1.95. The van der Waals surface area contributed by atoms with Crippen molar-refractivity contribution in [3.05, 3.63) is 33.7 Å². The first-order valence-electron chi connectivity index (χ1n) is 5.75. The molecular weight excluding hydrogens is 359 g/mol. The van der Waals surface area contributed by atoms with E-state index in [1.54, 1.807) is 11.3 Å². The van der Waals surface area contributed by atoms with Gasteiger partial charge in [0.15, 0.2) is 5.82 Å². The second kappa shape index (κ2) is 4.93. The summed E-state index contributed by atoms with van der Waals surface area (Å²) >= 11 is 3.89. The van der Waals surface area contributed by atoms with Gasteiger partial charge in [0.25, 0.3) is 0 Å². The Hall–Kier alpha value is -1.02.